The lowest BCUT2D eigenvalue weighted by Crippen LogP contribution is -2.48. The summed E-state index contributed by atoms with van der Waals surface area (Å²) < 4.78 is 2.14. The Balaban J connectivity index is 1.43. The SMILES string of the molecule is O=C(C1CC2CCCCC2N1)N1CCn2ccnc2C1. The van der Waals surface area contributed by atoms with Crippen molar-refractivity contribution in [1.82, 2.24) is 19.8 Å². The van der Waals surface area contributed by atoms with Crippen LogP contribution in [-0.2, 0) is 17.9 Å². The minimum absolute atomic E-state index is 0.0459. The first-order valence-corrected chi connectivity index (χ1v) is 7.86. The number of carbonyl (C=O) groups excluding carboxylic acids is 1. The molecule has 2 fully saturated rings. The number of amides is 1. The minimum atomic E-state index is 0.0459. The maximum atomic E-state index is 12.7. The molecule has 4 rings (SSSR count). The monoisotopic (exact) mass is 274 g/mol. The third-order valence-corrected chi connectivity index (χ3v) is 5.22. The summed E-state index contributed by atoms with van der Waals surface area (Å²) in [6.07, 6.45) is 10.1. The van der Waals surface area contributed by atoms with Crippen molar-refractivity contribution in [2.75, 3.05) is 6.54 Å². The van der Waals surface area contributed by atoms with Gasteiger partial charge in [0, 0.05) is 31.5 Å². The molecule has 1 amide bonds. The summed E-state index contributed by atoms with van der Waals surface area (Å²) in [6, 6.07) is 0.633. The van der Waals surface area contributed by atoms with Gasteiger partial charge in [0.1, 0.15) is 5.82 Å². The van der Waals surface area contributed by atoms with Gasteiger partial charge in [0.15, 0.2) is 0 Å². The first kappa shape index (κ1) is 12.4. The van der Waals surface area contributed by atoms with Crippen LogP contribution in [0.3, 0.4) is 0 Å². The molecule has 5 nitrogen and oxygen atoms in total. The molecule has 20 heavy (non-hydrogen) atoms. The fourth-order valence-corrected chi connectivity index (χ4v) is 4.09. The van der Waals surface area contributed by atoms with Gasteiger partial charge in [-0.2, -0.15) is 0 Å². The Kier molecular flexibility index (Phi) is 3.02. The number of rotatable bonds is 1. The summed E-state index contributed by atoms with van der Waals surface area (Å²) in [4.78, 5) is 19.0. The van der Waals surface area contributed by atoms with Crippen LogP contribution in [-0.4, -0.2) is 39.0 Å². The van der Waals surface area contributed by atoms with Gasteiger partial charge in [-0.3, -0.25) is 4.79 Å². The van der Waals surface area contributed by atoms with E-state index < -0.39 is 0 Å². The zero-order valence-electron chi connectivity index (χ0n) is 11.8. The summed E-state index contributed by atoms with van der Waals surface area (Å²) in [6.45, 7) is 2.36. The maximum Gasteiger partial charge on any atom is 0.240 e. The molecule has 1 aromatic rings. The number of hydrogen-bond donors (Lipinski definition) is 1. The predicted octanol–water partition coefficient (Wildman–Crippen LogP) is 1.15. The van der Waals surface area contributed by atoms with Gasteiger partial charge < -0.3 is 14.8 Å². The van der Waals surface area contributed by atoms with Crippen molar-refractivity contribution in [2.45, 2.75) is 57.3 Å². The van der Waals surface area contributed by atoms with E-state index >= 15 is 0 Å². The lowest BCUT2D eigenvalue weighted by molar-refractivity contribution is -0.134. The molecule has 3 unspecified atom stereocenters. The van der Waals surface area contributed by atoms with Crippen molar-refractivity contribution in [2.24, 2.45) is 5.92 Å². The Morgan fingerprint density at radius 1 is 1.30 bits per heavy atom. The van der Waals surface area contributed by atoms with Crippen LogP contribution in [0.1, 0.15) is 37.9 Å². The summed E-state index contributed by atoms with van der Waals surface area (Å²) in [5, 5.41) is 3.59. The quantitative estimate of drug-likeness (QED) is 0.835. The Morgan fingerprint density at radius 2 is 2.20 bits per heavy atom. The Hall–Kier alpha value is -1.36. The van der Waals surface area contributed by atoms with E-state index in [4.69, 9.17) is 0 Å². The lowest BCUT2D eigenvalue weighted by atomic mass is 9.85. The van der Waals surface area contributed by atoms with Gasteiger partial charge in [0.05, 0.1) is 12.6 Å². The van der Waals surface area contributed by atoms with Crippen LogP contribution in [0.15, 0.2) is 12.4 Å². The van der Waals surface area contributed by atoms with Gasteiger partial charge in [-0.15, -0.1) is 0 Å². The van der Waals surface area contributed by atoms with E-state index in [9.17, 15) is 4.79 Å². The van der Waals surface area contributed by atoms with Crippen LogP contribution in [0.25, 0.3) is 0 Å². The molecule has 3 atom stereocenters. The lowest BCUT2D eigenvalue weighted by Gasteiger charge is -2.30. The average molecular weight is 274 g/mol. The van der Waals surface area contributed by atoms with Gasteiger partial charge >= 0.3 is 0 Å². The number of carbonyl (C=O) groups is 1. The number of imidazole rings is 1. The van der Waals surface area contributed by atoms with Gasteiger partial charge in [0.2, 0.25) is 5.91 Å². The second kappa shape index (κ2) is 4.88. The van der Waals surface area contributed by atoms with E-state index in [0.717, 1.165) is 31.3 Å². The van der Waals surface area contributed by atoms with E-state index in [-0.39, 0.29) is 11.9 Å². The molecule has 0 aromatic carbocycles. The molecule has 108 valence electrons. The first-order valence-electron chi connectivity index (χ1n) is 7.86. The molecule has 1 saturated carbocycles. The number of nitrogens with one attached hydrogen (secondary N) is 1. The number of hydrogen-bond acceptors (Lipinski definition) is 3. The predicted molar refractivity (Wildman–Crippen MR) is 74.9 cm³/mol. The highest BCUT2D eigenvalue weighted by Crippen LogP contribution is 2.33. The molecule has 2 aliphatic heterocycles. The summed E-state index contributed by atoms with van der Waals surface area (Å²) in [5.41, 5.74) is 0. The van der Waals surface area contributed by atoms with E-state index in [1.54, 1.807) is 0 Å². The van der Waals surface area contributed by atoms with Crippen LogP contribution >= 0.6 is 0 Å². The maximum absolute atomic E-state index is 12.7. The minimum Gasteiger partial charge on any atom is -0.332 e. The van der Waals surface area contributed by atoms with Crippen LogP contribution in [0, 0.1) is 5.92 Å². The van der Waals surface area contributed by atoms with Gasteiger partial charge in [-0.25, -0.2) is 4.98 Å². The molecular formula is C15H22N4O. The molecular weight excluding hydrogens is 252 g/mol. The van der Waals surface area contributed by atoms with Crippen molar-refractivity contribution in [3.8, 4) is 0 Å². The fourth-order valence-electron chi connectivity index (χ4n) is 4.09. The van der Waals surface area contributed by atoms with Crippen molar-refractivity contribution in [1.29, 1.82) is 0 Å². The highest BCUT2D eigenvalue weighted by atomic mass is 16.2. The molecule has 5 heteroatoms. The second-order valence-electron chi connectivity index (χ2n) is 6.40. The van der Waals surface area contributed by atoms with Crippen LogP contribution in [0.2, 0.25) is 0 Å². The smallest absolute Gasteiger partial charge is 0.240 e. The molecule has 1 aliphatic carbocycles. The second-order valence-corrected chi connectivity index (χ2v) is 6.40. The highest BCUT2D eigenvalue weighted by molar-refractivity contribution is 5.82. The van der Waals surface area contributed by atoms with Gasteiger partial charge in [0.25, 0.3) is 0 Å². The van der Waals surface area contributed by atoms with E-state index in [1.807, 2.05) is 17.3 Å². The zero-order chi connectivity index (χ0) is 13.5. The van der Waals surface area contributed by atoms with Crippen molar-refractivity contribution in [3.05, 3.63) is 18.2 Å². The molecule has 1 aromatic heterocycles. The van der Waals surface area contributed by atoms with Crippen LogP contribution in [0.4, 0.5) is 0 Å². The molecule has 0 radical (unpaired) electrons. The van der Waals surface area contributed by atoms with Crippen LogP contribution in [0.5, 0.6) is 0 Å². The molecule has 3 aliphatic rings. The topological polar surface area (TPSA) is 50.2 Å². The molecule has 0 spiro atoms. The van der Waals surface area contributed by atoms with Gasteiger partial charge in [-0.05, 0) is 25.2 Å². The molecule has 1 saturated heterocycles. The normalized spacial score (nSPS) is 32.8. The molecule has 1 N–H and O–H groups in total. The number of fused-ring (bicyclic) bond motifs is 2. The highest BCUT2D eigenvalue weighted by Gasteiger charge is 2.40. The Bertz CT molecular complexity index is 498. The Labute approximate surface area is 119 Å². The average Bonchev–Trinajstić information content (AvgIpc) is 3.11. The van der Waals surface area contributed by atoms with E-state index in [0.29, 0.717) is 12.6 Å². The summed E-state index contributed by atoms with van der Waals surface area (Å²) >= 11 is 0. The molecule has 0 bridgehead atoms. The summed E-state index contributed by atoms with van der Waals surface area (Å²) in [7, 11) is 0. The largest absolute Gasteiger partial charge is 0.332 e. The number of nitrogens with zero attached hydrogens (tertiary/aromatic N) is 3. The fraction of sp³-hybridized carbons (Fsp3) is 0.733. The first-order chi connectivity index (χ1) is 9.81. The Morgan fingerprint density at radius 3 is 3.10 bits per heavy atom. The van der Waals surface area contributed by atoms with Crippen molar-refractivity contribution >= 4 is 5.91 Å². The number of aromatic nitrogens is 2. The van der Waals surface area contributed by atoms with Gasteiger partial charge in [-0.1, -0.05) is 12.8 Å². The van der Waals surface area contributed by atoms with Crippen molar-refractivity contribution < 1.29 is 4.79 Å². The van der Waals surface area contributed by atoms with E-state index in [2.05, 4.69) is 14.9 Å². The van der Waals surface area contributed by atoms with Crippen LogP contribution < -0.4 is 5.32 Å². The van der Waals surface area contributed by atoms with Crippen molar-refractivity contribution in [3.63, 3.8) is 0 Å². The zero-order valence-corrected chi connectivity index (χ0v) is 11.8. The summed E-state index contributed by atoms with van der Waals surface area (Å²) in [5.74, 6) is 2.03. The standard InChI is InChI=1S/C15H22N4O/c20-15(13-9-11-3-1-2-4-12(11)17-13)19-8-7-18-6-5-16-14(18)10-19/h5-6,11-13,17H,1-4,7-10H2. The molecule has 3 heterocycles. The third kappa shape index (κ3) is 2.04. The van der Waals surface area contributed by atoms with E-state index in [1.165, 1.54) is 25.7 Å². The third-order valence-electron chi connectivity index (χ3n) is 5.22.